The van der Waals surface area contributed by atoms with Gasteiger partial charge < -0.3 is 5.32 Å². The second-order valence-electron chi connectivity index (χ2n) is 7.84. The Balaban J connectivity index is 1.50. The molecule has 5 rings (SSSR count). The first-order valence-electron chi connectivity index (χ1n) is 10.4. The number of hydrogen-bond acceptors (Lipinski definition) is 5. The number of anilines is 1. The number of fused-ring (bicyclic) bond motifs is 3. The highest BCUT2D eigenvalue weighted by Gasteiger charge is 2.24. The largest absolute Gasteiger partial charge is 0.325 e. The number of nitrogens with one attached hydrogen (secondary N) is 1. The van der Waals surface area contributed by atoms with Crippen LogP contribution in [0.25, 0.3) is 15.9 Å². The standard InChI is InChI=1S/C24H19BrClN3O2S2/c1-13-11-14(25)5-10-18(13)27-20(30)12-32-24-28-22-21(17-3-2-4-19(17)33-22)23(31)29(24)16-8-6-15(26)7-9-16/h5-11H,2-4,12H2,1H3,(H,27,30). The number of carbonyl (C=O) groups is 1. The van der Waals surface area contributed by atoms with E-state index in [1.807, 2.05) is 25.1 Å². The minimum atomic E-state index is -0.156. The third-order valence-electron chi connectivity index (χ3n) is 5.59. The van der Waals surface area contributed by atoms with E-state index < -0.39 is 0 Å². The van der Waals surface area contributed by atoms with Gasteiger partial charge in [-0.3, -0.25) is 14.2 Å². The molecular weight excluding hydrogens is 542 g/mol. The van der Waals surface area contributed by atoms with E-state index in [0.29, 0.717) is 21.3 Å². The Morgan fingerprint density at radius 2 is 2.03 bits per heavy atom. The van der Waals surface area contributed by atoms with Crippen LogP contribution in [-0.4, -0.2) is 21.2 Å². The van der Waals surface area contributed by atoms with Crippen LogP contribution in [0.2, 0.25) is 5.02 Å². The summed E-state index contributed by atoms with van der Waals surface area (Å²) >= 11 is 12.4. The molecule has 0 fully saturated rings. The summed E-state index contributed by atoms with van der Waals surface area (Å²) in [5, 5.41) is 4.75. The smallest absolute Gasteiger partial charge is 0.267 e. The number of halogens is 2. The topological polar surface area (TPSA) is 64.0 Å². The van der Waals surface area contributed by atoms with Crippen molar-refractivity contribution >= 4 is 72.4 Å². The number of carbonyl (C=O) groups excluding carboxylic acids is 1. The van der Waals surface area contributed by atoms with Gasteiger partial charge in [-0.2, -0.15) is 0 Å². The second-order valence-corrected chi connectivity index (χ2v) is 11.2. The van der Waals surface area contributed by atoms with Crippen LogP contribution < -0.4 is 10.9 Å². The molecule has 4 aromatic rings. The first-order chi connectivity index (χ1) is 15.9. The molecule has 2 aromatic carbocycles. The summed E-state index contributed by atoms with van der Waals surface area (Å²) in [6, 6.07) is 12.8. The zero-order chi connectivity index (χ0) is 23.1. The predicted molar refractivity (Wildman–Crippen MR) is 140 cm³/mol. The van der Waals surface area contributed by atoms with Crippen LogP contribution in [0.4, 0.5) is 5.69 Å². The summed E-state index contributed by atoms with van der Waals surface area (Å²) in [6.07, 6.45) is 2.98. The van der Waals surface area contributed by atoms with Gasteiger partial charge in [0.15, 0.2) is 5.16 Å². The van der Waals surface area contributed by atoms with Crippen molar-refractivity contribution in [3.63, 3.8) is 0 Å². The van der Waals surface area contributed by atoms with Gasteiger partial charge >= 0.3 is 0 Å². The predicted octanol–water partition coefficient (Wildman–Crippen LogP) is 6.39. The van der Waals surface area contributed by atoms with Crippen molar-refractivity contribution < 1.29 is 4.79 Å². The number of aryl methyl sites for hydroxylation is 3. The van der Waals surface area contributed by atoms with Gasteiger partial charge in [0, 0.05) is 20.1 Å². The third kappa shape index (κ3) is 4.49. The molecule has 1 aliphatic carbocycles. The monoisotopic (exact) mass is 559 g/mol. The number of hydrogen-bond donors (Lipinski definition) is 1. The maximum Gasteiger partial charge on any atom is 0.267 e. The van der Waals surface area contributed by atoms with Crippen LogP contribution in [0.15, 0.2) is 56.9 Å². The van der Waals surface area contributed by atoms with Gasteiger partial charge in [-0.15, -0.1) is 11.3 Å². The van der Waals surface area contributed by atoms with E-state index in [9.17, 15) is 9.59 Å². The summed E-state index contributed by atoms with van der Waals surface area (Å²) in [6.45, 7) is 1.94. The number of benzene rings is 2. The molecule has 2 heterocycles. The zero-order valence-electron chi connectivity index (χ0n) is 17.7. The number of nitrogens with zero attached hydrogens (tertiary/aromatic N) is 2. The molecule has 0 radical (unpaired) electrons. The van der Waals surface area contributed by atoms with Crippen LogP contribution in [0.5, 0.6) is 0 Å². The SMILES string of the molecule is Cc1cc(Br)ccc1NC(=O)CSc1nc2sc3c(c2c(=O)n1-c1ccc(Cl)cc1)CCC3. The van der Waals surface area contributed by atoms with Crippen molar-refractivity contribution in [3.8, 4) is 5.69 Å². The van der Waals surface area contributed by atoms with Gasteiger partial charge in [-0.1, -0.05) is 39.3 Å². The highest BCUT2D eigenvalue weighted by atomic mass is 79.9. The summed E-state index contributed by atoms with van der Waals surface area (Å²) in [5.74, 6) is -0.0253. The van der Waals surface area contributed by atoms with E-state index in [-0.39, 0.29) is 17.2 Å². The zero-order valence-corrected chi connectivity index (χ0v) is 21.6. The van der Waals surface area contributed by atoms with Gasteiger partial charge in [-0.25, -0.2) is 4.98 Å². The highest BCUT2D eigenvalue weighted by molar-refractivity contribution is 9.10. The molecule has 5 nitrogen and oxygen atoms in total. The van der Waals surface area contributed by atoms with Crippen LogP contribution in [0.3, 0.4) is 0 Å². The highest BCUT2D eigenvalue weighted by Crippen LogP contribution is 2.36. The van der Waals surface area contributed by atoms with Gasteiger partial charge in [0.25, 0.3) is 5.56 Å². The molecule has 0 bridgehead atoms. The number of thioether (sulfide) groups is 1. The van der Waals surface area contributed by atoms with Gasteiger partial charge in [0.1, 0.15) is 4.83 Å². The lowest BCUT2D eigenvalue weighted by Crippen LogP contribution is -2.23. The quantitative estimate of drug-likeness (QED) is 0.227. The molecule has 0 saturated heterocycles. The van der Waals surface area contributed by atoms with Gasteiger partial charge in [0.2, 0.25) is 5.91 Å². The minimum Gasteiger partial charge on any atom is -0.325 e. The minimum absolute atomic E-state index is 0.0895. The van der Waals surface area contributed by atoms with E-state index >= 15 is 0 Å². The average molecular weight is 561 g/mol. The lowest BCUT2D eigenvalue weighted by molar-refractivity contribution is -0.113. The Labute approximate surface area is 212 Å². The Morgan fingerprint density at radius 3 is 2.79 bits per heavy atom. The number of rotatable bonds is 5. The van der Waals surface area contributed by atoms with E-state index in [1.165, 1.54) is 16.6 Å². The summed E-state index contributed by atoms with van der Waals surface area (Å²) in [7, 11) is 0. The fourth-order valence-electron chi connectivity index (χ4n) is 4.02. The molecule has 0 atom stereocenters. The van der Waals surface area contributed by atoms with E-state index in [4.69, 9.17) is 16.6 Å². The van der Waals surface area contributed by atoms with E-state index in [0.717, 1.165) is 45.4 Å². The van der Waals surface area contributed by atoms with Gasteiger partial charge in [-0.05, 0) is 79.8 Å². The normalized spacial score (nSPS) is 12.8. The van der Waals surface area contributed by atoms with Crippen LogP contribution in [0, 0.1) is 6.92 Å². The Bertz CT molecular complexity index is 1450. The first-order valence-corrected chi connectivity index (χ1v) is 13.4. The molecule has 9 heteroatoms. The van der Waals surface area contributed by atoms with E-state index in [1.54, 1.807) is 40.2 Å². The number of thiophene rings is 1. The second kappa shape index (κ2) is 9.25. The molecule has 1 amide bonds. The molecule has 1 aliphatic rings. The maximum absolute atomic E-state index is 13.6. The fraction of sp³-hybridized carbons (Fsp3) is 0.208. The van der Waals surface area contributed by atoms with Crippen LogP contribution >= 0.6 is 50.6 Å². The molecule has 0 aliphatic heterocycles. The molecule has 0 saturated carbocycles. The van der Waals surface area contributed by atoms with Crippen LogP contribution in [-0.2, 0) is 17.6 Å². The fourth-order valence-corrected chi connectivity index (χ4v) is 6.74. The van der Waals surface area contributed by atoms with Crippen molar-refractivity contribution in [2.24, 2.45) is 0 Å². The molecule has 2 aromatic heterocycles. The average Bonchev–Trinajstić information content (AvgIpc) is 3.36. The lowest BCUT2D eigenvalue weighted by Gasteiger charge is -2.13. The van der Waals surface area contributed by atoms with Crippen molar-refractivity contribution in [2.45, 2.75) is 31.3 Å². The van der Waals surface area contributed by atoms with Crippen LogP contribution in [0.1, 0.15) is 22.4 Å². The Hall–Kier alpha value is -2.13. The lowest BCUT2D eigenvalue weighted by atomic mass is 10.2. The maximum atomic E-state index is 13.6. The number of amides is 1. The Morgan fingerprint density at radius 1 is 1.24 bits per heavy atom. The number of aromatic nitrogens is 2. The molecular formula is C24H19BrClN3O2S2. The summed E-state index contributed by atoms with van der Waals surface area (Å²) < 4.78 is 2.56. The van der Waals surface area contributed by atoms with Crippen molar-refractivity contribution in [1.29, 1.82) is 0 Å². The third-order valence-corrected chi connectivity index (χ3v) is 8.46. The van der Waals surface area contributed by atoms with Crippen molar-refractivity contribution in [1.82, 2.24) is 9.55 Å². The first kappa shape index (κ1) is 22.7. The molecule has 0 unspecified atom stereocenters. The molecule has 1 N–H and O–H groups in total. The van der Waals surface area contributed by atoms with E-state index in [2.05, 4.69) is 21.2 Å². The van der Waals surface area contributed by atoms with Crippen molar-refractivity contribution in [2.75, 3.05) is 11.1 Å². The van der Waals surface area contributed by atoms with Crippen molar-refractivity contribution in [3.05, 3.63) is 78.3 Å². The summed E-state index contributed by atoms with van der Waals surface area (Å²) in [5.41, 5.74) is 3.46. The molecule has 33 heavy (non-hydrogen) atoms. The summed E-state index contributed by atoms with van der Waals surface area (Å²) in [4.78, 5) is 33.2. The molecule has 168 valence electrons. The molecule has 0 spiro atoms. The Kier molecular flexibility index (Phi) is 6.35. The van der Waals surface area contributed by atoms with Gasteiger partial charge in [0.05, 0.1) is 16.8 Å².